The molecule has 142 valence electrons. The molecule has 7 heteroatoms. The van der Waals surface area contributed by atoms with Crippen LogP contribution in [0.25, 0.3) is 0 Å². The van der Waals surface area contributed by atoms with E-state index in [4.69, 9.17) is 18.7 Å². The van der Waals surface area contributed by atoms with Crippen molar-refractivity contribution in [3.05, 3.63) is 60.6 Å². The maximum Gasteiger partial charge on any atom is 0.289 e. The molecule has 0 bridgehead atoms. The van der Waals surface area contributed by atoms with Crippen LogP contribution in [0.15, 0.2) is 58.8 Å². The number of methoxy groups -OCH3 is 2. The number of benzene rings is 1. The van der Waals surface area contributed by atoms with Crippen LogP contribution in [0, 0.1) is 0 Å². The van der Waals surface area contributed by atoms with Crippen LogP contribution >= 0.6 is 0 Å². The quantitative estimate of drug-likeness (QED) is 0.668. The van der Waals surface area contributed by atoms with Gasteiger partial charge >= 0.3 is 0 Å². The molecule has 0 aliphatic carbocycles. The molecule has 1 amide bonds. The third kappa shape index (κ3) is 4.13. The summed E-state index contributed by atoms with van der Waals surface area (Å²) in [4.78, 5) is 19.7. The molecule has 0 radical (unpaired) electrons. The van der Waals surface area contributed by atoms with Crippen molar-refractivity contribution in [3.8, 4) is 11.5 Å². The van der Waals surface area contributed by atoms with Crippen LogP contribution in [0.5, 0.6) is 11.5 Å². The van der Waals surface area contributed by atoms with E-state index in [-0.39, 0.29) is 17.8 Å². The Morgan fingerprint density at radius 2 is 2.15 bits per heavy atom. The van der Waals surface area contributed by atoms with Crippen LogP contribution in [-0.4, -0.2) is 49.9 Å². The lowest BCUT2D eigenvalue weighted by Gasteiger charge is -2.22. The first-order chi connectivity index (χ1) is 13.2. The minimum atomic E-state index is -0.244. The van der Waals surface area contributed by atoms with Crippen LogP contribution in [-0.2, 0) is 4.84 Å². The molecule has 1 unspecified atom stereocenters. The summed E-state index contributed by atoms with van der Waals surface area (Å²) in [6.45, 7) is 4.49. The Bertz CT molecular complexity index is 829. The van der Waals surface area contributed by atoms with E-state index in [2.05, 4.69) is 11.7 Å². The molecule has 0 saturated heterocycles. The number of carbonyl (C=O) groups is 1. The van der Waals surface area contributed by atoms with Gasteiger partial charge in [-0.05, 0) is 30.3 Å². The molecular weight excluding hydrogens is 348 g/mol. The van der Waals surface area contributed by atoms with Gasteiger partial charge in [-0.15, -0.1) is 6.58 Å². The second-order valence-electron chi connectivity index (χ2n) is 6.02. The van der Waals surface area contributed by atoms with E-state index in [1.165, 1.54) is 6.26 Å². The van der Waals surface area contributed by atoms with E-state index in [1.54, 1.807) is 37.3 Å². The summed E-state index contributed by atoms with van der Waals surface area (Å²) in [6.07, 6.45) is 3.48. The largest absolute Gasteiger partial charge is 0.493 e. The molecule has 0 fully saturated rings. The summed E-state index contributed by atoms with van der Waals surface area (Å²) in [7, 11) is 3.18. The van der Waals surface area contributed by atoms with Crippen molar-refractivity contribution in [2.75, 3.05) is 27.3 Å². The lowest BCUT2D eigenvalue weighted by molar-refractivity contribution is 0.0432. The maximum atomic E-state index is 12.6. The second kappa shape index (κ2) is 8.44. The first-order valence-corrected chi connectivity index (χ1v) is 8.55. The number of hydrogen-bond acceptors (Lipinski definition) is 6. The van der Waals surface area contributed by atoms with Gasteiger partial charge in [-0.2, -0.15) is 0 Å². The zero-order valence-corrected chi connectivity index (χ0v) is 15.4. The first kappa shape index (κ1) is 18.6. The van der Waals surface area contributed by atoms with Crippen LogP contribution in [0.1, 0.15) is 22.5 Å². The van der Waals surface area contributed by atoms with E-state index in [0.717, 1.165) is 11.3 Å². The fourth-order valence-corrected chi connectivity index (χ4v) is 2.91. The number of carbonyl (C=O) groups excluding carboxylic acids is 1. The van der Waals surface area contributed by atoms with Gasteiger partial charge in [0.1, 0.15) is 0 Å². The third-order valence-electron chi connectivity index (χ3n) is 4.24. The SMILES string of the molecule is C=CCN(CC1CC(c2ccc(OC)c(OC)c2)=NO1)C(=O)c1ccco1. The Balaban J connectivity index is 1.67. The summed E-state index contributed by atoms with van der Waals surface area (Å²) in [5, 5.41) is 4.19. The topological polar surface area (TPSA) is 73.5 Å². The minimum Gasteiger partial charge on any atom is -0.493 e. The van der Waals surface area contributed by atoms with Crippen molar-refractivity contribution < 1.29 is 23.5 Å². The van der Waals surface area contributed by atoms with Gasteiger partial charge in [0.15, 0.2) is 23.4 Å². The monoisotopic (exact) mass is 370 g/mol. The van der Waals surface area contributed by atoms with Gasteiger partial charge in [-0.25, -0.2) is 0 Å². The van der Waals surface area contributed by atoms with E-state index in [1.807, 2.05) is 18.2 Å². The predicted octanol–water partition coefficient (Wildman–Crippen LogP) is 3.12. The third-order valence-corrected chi connectivity index (χ3v) is 4.24. The van der Waals surface area contributed by atoms with E-state index in [9.17, 15) is 4.79 Å². The van der Waals surface area contributed by atoms with Crippen molar-refractivity contribution in [1.29, 1.82) is 0 Å². The Morgan fingerprint density at radius 3 is 2.81 bits per heavy atom. The highest BCUT2D eigenvalue weighted by Gasteiger charge is 2.28. The molecule has 2 aromatic rings. The zero-order chi connectivity index (χ0) is 19.2. The number of furan rings is 1. The Hall–Kier alpha value is -3.22. The van der Waals surface area contributed by atoms with Gasteiger partial charge in [0.05, 0.1) is 32.7 Å². The number of rotatable bonds is 8. The van der Waals surface area contributed by atoms with Gasteiger partial charge < -0.3 is 23.6 Å². The minimum absolute atomic E-state index is 0.205. The van der Waals surface area contributed by atoms with Crippen molar-refractivity contribution in [2.45, 2.75) is 12.5 Å². The number of oxime groups is 1. The fourth-order valence-electron chi connectivity index (χ4n) is 2.91. The Labute approximate surface area is 157 Å². The van der Waals surface area contributed by atoms with Gasteiger partial charge in [-0.3, -0.25) is 4.79 Å². The summed E-state index contributed by atoms with van der Waals surface area (Å²) >= 11 is 0. The molecule has 0 N–H and O–H groups in total. The fraction of sp³-hybridized carbons (Fsp3) is 0.300. The van der Waals surface area contributed by atoms with Gasteiger partial charge in [-0.1, -0.05) is 11.2 Å². The molecule has 0 saturated carbocycles. The highest BCUT2D eigenvalue weighted by Crippen LogP contribution is 2.29. The number of nitrogens with zero attached hydrogens (tertiary/aromatic N) is 2. The molecular formula is C20H22N2O5. The normalized spacial score (nSPS) is 15.6. The molecule has 2 heterocycles. The predicted molar refractivity (Wildman–Crippen MR) is 100 cm³/mol. The molecule has 1 aliphatic rings. The molecule has 0 spiro atoms. The second-order valence-corrected chi connectivity index (χ2v) is 6.02. The molecule has 27 heavy (non-hydrogen) atoms. The van der Waals surface area contributed by atoms with Crippen molar-refractivity contribution in [3.63, 3.8) is 0 Å². The molecule has 1 aliphatic heterocycles. The maximum absolute atomic E-state index is 12.6. The van der Waals surface area contributed by atoms with E-state index < -0.39 is 0 Å². The van der Waals surface area contributed by atoms with Crippen LogP contribution in [0.2, 0.25) is 0 Å². The van der Waals surface area contributed by atoms with Crippen molar-refractivity contribution in [2.24, 2.45) is 5.16 Å². The summed E-state index contributed by atoms with van der Waals surface area (Å²) in [5.74, 6) is 1.36. The highest BCUT2D eigenvalue weighted by atomic mass is 16.6. The molecule has 1 aromatic carbocycles. The van der Waals surface area contributed by atoms with Crippen LogP contribution < -0.4 is 9.47 Å². The lowest BCUT2D eigenvalue weighted by Crippen LogP contribution is -2.37. The molecule has 1 atom stereocenters. The smallest absolute Gasteiger partial charge is 0.289 e. The van der Waals surface area contributed by atoms with Crippen LogP contribution in [0.4, 0.5) is 0 Å². The standard InChI is InChI=1S/C20H22N2O5/c1-4-9-22(20(23)18-6-5-10-26-18)13-15-12-16(21-27-15)14-7-8-17(24-2)19(11-14)25-3/h4-8,10-11,15H,1,9,12-13H2,2-3H3. The number of ether oxygens (including phenoxy) is 2. The lowest BCUT2D eigenvalue weighted by atomic mass is 10.0. The summed E-state index contributed by atoms with van der Waals surface area (Å²) in [5.41, 5.74) is 1.69. The average Bonchev–Trinajstić information content (AvgIpc) is 3.38. The van der Waals surface area contributed by atoms with E-state index in [0.29, 0.717) is 31.0 Å². The number of amides is 1. The van der Waals surface area contributed by atoms with Crippen molar-refractivity contribution in [1.82, 2.24) is 4.90 Å². The molecule has 7 nitrogen and oxygen atoms in total. The molecule has 1 aromatic heterocycles. The Kier molecular flexibility index (Phi) is 5.80. The zero-order valence-electron chi connectivity index (χ0n) is 15.4. The van der Waals surface area contributed by atoms with Gasteiger partial charge in [0.2, 0.25) is 0 Å². The summed E-state index contributed by atoms with van der Waals surface area (Å²) in [6, 6.07) is 8.91. The van der Waals surface area contributed by atoms with E-state index >= 15 is 0 Å². The first-order valence-electron chi connectivity index (χ1n) is 8.55. The Morgan fingerprint density at radius 1 is 1.33 bits per heavy atom. The number of hydrogen-bond donors (Lipinski definition) is 0. The van der Waals surface area contributed by atoms with Crippen molar-refractivity contribution >= 4 is 11.6 Å². The average molecular weight is 370 g/mol. The highest BCUT2D eigenvalue weighted by molar-refractivity contribution is 6.01. The van der Waals surface area contributed by atoms with Gasteiger partial charge in [0, 0.05) is 18.5 Å². The van der Waals surface area contributed by atoms with Gasteiger partial charge in [0.25, 0.3) is 5.91 Å². The summed E-state index contributed by atoms with van der Waals surface area (Å²) < 4.78 is 15.8. The molecule has 3 rings (SSSR count). The van der Waals surface area contributed by atoms with Crippen LogP contribution in [0.3, 0.4) is 0 Å².